The van der Waals surface area contributed by atoms with E-state index in [0.717, 1.165) is 33.1 Å². The molecule has 1 aliphatic heterocycles. The molecule has 10 heteroatoms. The molecule has 1 N–H and O–H groups in total. The first-order valence-corrected chi connectivity index (χ1v) is 14.3. The predicted molar refractivity (Wildman–Crippen MR) is 139 cm³/mol. The summed E-state index contributed by atoms with van der Waals surface area (Å²) in [6.07, 6.45) is 4.01. The Morgan fingerprint density at radius 3 is 2.54 bits per heavy atom. The fourth-order valence-electron chi connectivity index (χ4n) is 4.06. The van der Waals surface area contributed by atoms with Gasteiger partial charge in [0.25, 0.3) is 5.91 Å². The van der Waals surface area contributed by atoms with Gasteiger partial charge < -0.3 is 9.88 Å². The summed E-state index contributed by atoms with van der Waals surface area (Å²) in [5.74, 6) is 0.636. The van der Waals surface area contributed by atoms with Crippen LogP contribution in [0.2, 0.25) is 5.02 Å². The number of hydrogen-bond donors (Lipinski definition) is 1. The number of pyridine rings is 1. The van der Waals surface area contributed by atoms with Gasteiger partial charge in [0.05, 0.1) is 35.3 Å². The van der Waals surface area contributed by atoms with E-state index in [1.807, 2.05) is 48.7 Å². The zero-order chi connectivity index (χ0) is 24.4. The summed E-state index contributed by atoms with van der Waals surface area (Å²) < 4.78 is 25.4. The highest BCUT2D eigenvalue weighted by Crippen LogP contribution is 2.28. The van der Waals surface area contributed by atoms with E-state index in [4.69, 9.17) is 16.6 Å². The number of fused-ring (bicyclic) bond motifs is 1. The molecule has 0 saturated carbocycles. The van der Waals surface area contributed by atoms with Crippen LogP contribution < -0.4 is 5.32 Å². The maximum atomic E-state index is 12.6. The predicted octanol–water partition coefficient (Wildman–Crippen LogP) is 4.34. The third-order valence-corrected chi connectivity index (χ3v) is 8.99. The Labute approximate surface area is 212 Å². The Kier molecular flexibility index (Phi) is 6.82. The number of carbonyl (C=O) groups excluding carboxylic acids is 1. The Balaban J connectivity index is 1.31. The van der Waals surface area contributed by atoms with Crippen molar-refractivity contribution in [3.63, 3.8) is 0 Å². The summed E-state index contributed by atoms with van der Waals surface area (Å²) >= 11 is 7.65. The molecule has 7 nitrogen and oxygen atoms in total. The zero-order valence-electron chi connectivity index (χ0n) is 18.7. The van der Waals surface area contributed by atoms with Crippen molar-refractivity contribution in [2.24, 2.45) is 0 Å². The fourth-order valence-corrected chi connectivity index (χ4v) is 6.83. The lowest BCUT2D eigenvalue weighted by Gasteiger charge is -2.12. The van der Waals surface area contributed by atoms with E-state index >= 15 is 0 Å². The van der Waals surface area contributed by atoms with Crippen LogP contribution in [0, 0.1) is 0 Å². The average molecular weight is 527 g/mol. The van der Waals surface area contributed by atoms with Gasteiger partial charge in [0.2, 0.25) is 0 Å². The molecule has 0 radical (unpaired) electrons. The number of sulfone groups is 1. The van der Waals surface area contributed by atoms with Crippen molar-refractivity contribution in [2.75, 3.05) is 11.5 Å². The van der Waals surface area contributed by atoms with Crippen LogP contribution >= 0.6 is 23.4 Å². The molecule has 0 bridgehead atoms. The highest BCUT2D eigenvalue weighted by Gasteiger charge is 2.29. The lowest BCUT2D eigenvalue weighted by Crippen LogP contribution is -2.35. The average Bonchev–Trinajstić information content (AvgIpc) is 3.38. The summed E-state index contributed by atoms with van der Waals surface area (Å²) in [4.78, 5) is 21.6. The molecule has 180 valence electrons. The quantitative estimate of drug-likeness (QED) is 0.360. The maximum absolute atomic E-state index is 12.6. The highest BCUT2D eigenvalue weighted by molar-refractivity contribution is 7.98. The molecular weight excluding hydrogens is 504 g/mol. The minimum atomic E-state index is -3.04. The van der Waals surface area contributed by atoms with Crippen molar-refractivity contribution in [2.45, 2.75) is 29.9 Å². The van der Waals surface area contributed by atoms with Gasteiger partial charge in [0.15, 0.2) is 15.0 Å². The van der Waals surface area contributed by atoms with Crippen LogP contribution in [-0.4, -0.2) is 46.4 Å². The molecule has 35 heavy (non-hydrogen) atoms. The van der Waals surface area contributed by atoms with E-state index < -0.39 is 9.84 Å². The molecule has 1 atom stereocenters. The van der Waals surface area contributed by atoms with Crippen LogP contribution in [0.3, 0.4) is 0 Å². The number of thioether (sulfide) groups is 1. The first-order chi connectivity index (χ1) is 16.9. The lowest BCUT2D eigenvalue weighted by molar-refractivity contribution is 0.0941. The number of nitrogens with one attached hydrogen (secondary N) is 1. The molecule has 0 unspecified atom stereocenters. The van der Waals surface area contributed by atoms with Crippen LogP contribution in [0.5, 0.6) is 0 Å². The summed E-state index contributed by atoms with van der Waals surface area (Å²) in [6, 6.07) is 16.7. The van der Waals surface area contributed by atoms with E-state index in [-0.39, 0.29) is 23.5 Å². The maximum Gasteiger partial charge on any atom is 0.251 e. The van der Waals surface area contributed by atoms with Gasteiger partial charge in [-0.1, -0.05) is 47.6 Å². The minimum Gasteiger partial charge on any atom is -0.348 e. The normalized spacial score (nSPS) is 17.0. The first kappa shape index (κ1) is 23.8. The fraction of sp³-hybridized carbons (Fsp3) is 0.240. The molecule has 2 aromatic heterocycles. The zero-order valence-corrected chi connectivity index (χ0v) is 21.1. The topological polar surface area (TPSA) is 94.0 Å². The third-order valence-electron chi connectivity index (χ3n) is 5.92. The van der Waals surface area contributed by atoms with Crippen molar-refractivity contribution in [3.05, 3.63) is 88.7 Å². The summed E-state index contributed by atoms with van der Waals surface area (Å²) in [5, 5.41) is 4.42. The first-order valence-electron chi connectivity index (χ1n) is 11.1. The number of benzene rings is 2. The number of amides is 1. The van der Waals surface area contributed by atoms with E-state index in [1.165, 1.54) is 0 Å². The monoisotopic (exact) mass is 526 g/mol. The van der Waals surface area contributed by atoms with Gasteiger partial charge in [-0.3, -0.25) is 9.78 Å². The molecule has 1 fully saturated rings. The number of halogens is 1. The van der Waals surface area contributed by atoms with Crippen molar-refractivity contribution >= 4 is 50.1 Å². The van der Waals surface area contributed by atoms with E-state index in [9.17, 15) is 13.2 Å². The number of aromatic nitrogens is 3. The van der Waals surface area contributed by atoms with Gasteiger partial charge in [0, 0.05) is 28.6 Å². The number of imidazole rings is 1. The van der Waals surface area contributed by atoms with Gasteiger partial charge in [0.1, 0.15) is 0 Å². The second-order valence-corrected chi connectivity index (χ2v) is 12.1. The molecule has 2 aromatic carbocycles. The largest absolute Gasteiger partial charge is 0.348 e. The SMILES string of the molecule is O=C(N[C@@H]1CCS(=O)(=O)C1)c1ccc(Cn2c(SCc3ccc(Cl)cc3)nc3ccncc32)cc1. The summed E-state index contributed by atoms with van der Waals surface area (Å²) in [5.41, 5.74) is 4.49. The second kappa shape index (κ2) is 10.0. The molecule has 1 amide bonds. The van der Waals surface area contributed by atoms with Crippen molar-refractivity contribution in [1.82, 2.24) is 19.9 Å². The molecule has 5 rings (SSSR count). The Morgan fingerprint density at radius 2 is 1.83 bits per heavy atom. The second-order valence-electron chi connectivity index (χ2n) is 8.53. The summed E-state index contributed by atoms with van der Waals surface area (Å²) in [7, 11) is -3.04. The van der Waals surface area contributed by atoms with Gasteiger partial charge in [-0.25, -0.2) is 13.4 Å². The molecular formula is C25H23ClN4O3S2. The summed E-state index contributed by atoms with van der Waals surface area (Å²) in [6.45, 7) is 0.577. The number of nitrogens with zero attached hydrogens (tertiary/aromatic N) is 3. The number of hydrogen-bond acceptors (Lipinski definition) is 6. The molecule has 4 aromatic rings. The van der Waals surface area contributed by atoms with Crippen LogP contribution in [0.1, 0.15) is 27.9 Å². The molecule has 1 aliphatic rings. The van der Waals surface area contributed by atoms with Crippen LogP contribution in [-0.2, 0) is 22.1 Å². The van der Waals surface area contributed by atoms with E-state index in [2.05, 4.69) is 14.9 Å². The van der Waals surface area contributed by atoms with Gasteiger partial charge in [-0.05, 0) is 47.9 Å². The van der Waals surface area contributed by atoms with Gasteiger partial charge >= 0.3 is 0 Å². The molecule has 0 spiro atoms. The van der Waals surface area contributed by atoms with Gasteiger partial charge in [-0.15, -0.1) is 0 Å². The van der Waals surface area contributed by atoms with E-state index in [0.29, 0.717) is 23.6 Å². The standard InChI is InChI=1S/C25H23ClN4O3S2/c26-20-7-3-18(4-8-20)15-34-25-29-22-9-11-27-13-23(22)30(25)14-17-1-5-19(6-2-17)24(31)28-21-10-12-35(32,33)16-21/h1-9,11,13,21H,10,12,14-16H2,(H,28,31)/t21-/m1/s1. The Bertz CT molecular complexity index is 1470. The van der Waals surface area contributed by atoms with Crippen LogP contribution in [0.25, 0.3) is 11.0 Å². The molecule has 1 saturated heterocycles. The third kappa shape index (κ3) is 5.69. The van der Waals surface area contributed by atoms with Crippen molar-refractivity contribution in [1.29, 1.82) is 0 Å². The van der Waals surface area contributed by atoms with Crippen molar-refractivity contribution < 1.29 is 13.2 Å². The molecule has 3 heterocycles. The lowest BCUT2D eigenvalue weighted by atomic mass is 10.1. The number of carbonyl (C=O) groups is 1. The number of rotatable bonds is 7. The van der Waals surface area contributed by atoms with Crippen LogP contribution in [0.4, 0.5) is 0 Å². The molecule has 0 aliphatic carbocycles. The highest BCUT2D eigenvalue weighted by atomic mass is 35.5. The Morgan fingerprint density at radius 1 is 1.09 bits per heavy atom. The smallest absolute Gasteiger partial charge is 0.251 e. The van der Waals surface area contributed by atoms with Crippen molar-refractivity contribution in [3.8, 4) is 0 Å². The van der Waals surface area contributed by atoms with E-state index in [1.54, 1.807) is 30.1 Å². The minimum absolute atomic E-state index is 0.00896. The van der Waals surface area contributed by atoms with Gasteiger partial charge in [-0.2, -0.15) is 0 Å². The Hall–Kier alpha value is -2.88. The van der Waals surface area contributed by atoms with Crippen LogP contribution in [0.15, 0.2) is 72.1 Å².